The summed E-state index contributed by atoms with van der Waals surface area (Å²) in [6, 6.07) is 15.4. The minimum atomic E-state index is -4.11. The average molecular weight is 483 g/mol. The number of nitrogens with one attached hydrogen (secondary N) is 1. The zero-order chi connectivity index (χ0) is 25.0. The van der Waals surface area contributed by atoms with Crippen LogP contribution in [0.4, 0.5) is 11.4 Å². The van der Waals surface area contributed by atoms with Gasteiger partial charge in [0, 0.05) is 11.8 Å². The lowest BCUT2D eigenvalue weighted by atomic mass is 10.1. The van der Waals surface area contributed by atoms with Gasteiger partial charge in [0.2, 0.25) is 5.91 Å². The van der Waals surface area contributed by atoms with Gasteiger partial charge in [-0.3, -0.25) is 9.10 Å². The van der Waals surface area contributed by atoms with Crippen LogP contribution in [0.1, 0.15) is 22.3 Å². The van der Waals surface area contributed by atoms with Crippen molar-refractivity contribution in [3.05, 3.63) is 76.9 Å². The van der Waals surface area contributed by atoms with Gasteiger partial charge in [-0.1, -0.05) is 18.2 Å². The number of carbonyl (C=O) groups excluding carboxylic acids is 1. The second kappa shape index (κ2) is 10.2. The number of anilines is 2. The Morgan fingerprint density at radius 1 is 0.882 bits per heavy atom. The van der Waals surface area contributed by atoms with E-state index in [1.54, 1.807) is 18.2 Å². The van der Waals surface area contributed by atoms with Crippen LogP contribution >= 0.6 is 0 Å². The number of amides is 1. The fourth-order valence-electron chi connectivity index (χ4n) is 3.72. The SMILES string of the molecule is COc1ccc(S(=O)(=O)N(CC(=O)Nc2cccc(C)c2C)c2cc(C)cc(C)c2)cc1OC. The summed E-state index contributed by atoms with van der Waals surface area (Å²) in [7, 11) is -1.20. The zero-order valence-electron chi connectivity index (χ0n) is 20.3. The molecule has 0 unspecified atom stereocenters. The molecule has 8 heteroatoms. The van der Waals surface area contributed by atoms with E-state index in [0.717, 1.165) is 26.6 Å². The van der Waals surface area contributed by atoms with Crippen molar-refractivity contribution in [1.29, 1.82) is 0 Å². The Morgan fingerprint density at radius 3 is 2.15 bits per heavy atom. The summed E-state index contributed by atoms with van der Waals surface area (Å²) < 4.78 is 39.2. The lowest BCUT2D eigenvalue weighted by Crippen LogP contribution is -2.38. The summed E-state index contributed by atoms with van der Waals surface area (Å²) in [5.74, 6) is 0.243. The van der Waals surface area contributed by atoms with Gasteiger partial charge in [-0.25, -0.2) is 8.42 Å². The highest BCUT2D eigenvalue weighted by Gasteiger charge is 2.29. The molecule has 0 aliphatic carbocycles. The lowest BCUT2D eigenvalue weighted by molar-refractivity contribution is -0.114. The monoisotopic (exact) mass is 482 g/mol. The maximum absolute atomic E-state index is 13.8. The zero-order valence-corrected chi connectivity index (χ0v) is 21.1. The van der Waals surface area contributed by atoms with Crippen LogP contribution in [-0.2, 0) is 14.8 Å². The van der Waals surface area contributed by atoms with Gasteiger partial charge in [-0.2, -0.15) is 0 Å². The Bertz CT molecular complexity index is 1300. The minimum absolute atomic E-state index is 0.0103. The third kappa shape index (κ3) is 5.34. The quantitative estimate of drug-likeness (QED) is 0.500. The predicted octanol–water partition coefficient (Wildman–Crippen LogP) is 4.77. The molecular weight excluding hydrogens is 452 g/mol. The lowest BCUT2D eigenvalue weighted by Gasteiger charge is -2.25. The summed E-state index contributed by atoms with van der Waals surface area (Å²) in [5.41, 5.74) is 4.78. The number of hydrogen-bond donors (Lipinski definition) is 1. The van der Waals surface area contributed by atoms with Crippen molar-refractivity contribution in [2.45, 2.75) is 32.6 Å². The van der Waals surface area contributed by atoms with Crippen LogP contribution in [0.3, 0.4) is 0 Å². The van der Waals surface area contributed by atoms with Crippen LogP contribution in [0, 0.1) is 27.7 Å². The van der Waals surface area contributed by atoms with E-state index in [2.05, 4.69) is 5.32 Å². The second-order valence-corrected chi connectivity index (χ2v) is 10.0. The molecule has 0 spiro atoms. The van der Waals surface area contributed by atoms with Crippen molar-refractivity contribution in [3.8, 4) is 11.5 Å². The average Bonchev–Trinajstić information content (AvgIpc) is 2.79. The molecule has 180 valence electrons. The van der Waals surface area contributed by atoms with E-state index in [9.17, 15) is 13.2 Å². The smallest absolute Gasteiger partial charge is 0.264 e. The molecule has 0 saturated heterocycles. The molecule has 0 atom stereocenters. The second-order valence-electron chi connectivity index (χ2n) is 8.17. The Labute approximate surface area is 201 Å². The van der Waals surface area contributed by atoms with Gasteiger partial charge in [-0.05, 0) is 80.3 Å². The molecule has 7 nitrogen and oxygen atoms in total. The summed E-state index contributed by atoms with van der Waals surface area (Å²) in [6.07, 6.45) is 0. The molecule has 0 bridgehead atoms. The molecule has 1 N–H and O–H groups in total. The van der Waals surface area contributed by atoms with Crippen molar-refractivity contribution >= 4 is 27.3 Å². The Hall–Kier alpha value is -3.52. The van der Waals surface area contributed by atoms with Crippen molar-refractivity contribution in [2.75, 3.05) is 30.4 Å². The largest absolute Gasteiger partial charge is 0.493 e. The maximum atomic E-state index is 13.8. The number of sulfonamides is 1. The molecule has 0 fully saturated rings. The molecule has 1 amide bonds. The summed E-state index contributed by atoms with van der Waals surface area (Å²) >= 11 is 0. The Morgan fingerprint density at radius 2 is 1.53 bits per heavy atom. The third-order valence-electron chi connectivity index (χ3n) is 5.60. The van der Waals surface area contributed by atoms with E-state index < -0.39 is 22.5 Å². The van der Waals surface area contributed by atoms with Crippen LogP contribution in [0.2, 0.25) is 0 Å². The van der Waals surface area contributed by atoms with Crippen LogP contribution in [0.5, 0.6) is 11.5 Å². The van der Waals surface area contributed by atoms with Gasteiger partial charge in [-0.15, -0.1) is 0 Å². The van der Waals surface area contributed by atoms with Gasteiger partial charge < -0.3 is 14.8 Å². The summed E-state index contributed by atoms with van der Waals surface area (Å²) in [6.45, 7) is 7.23. The number of nitrogens with zero attached hydrogens (tertiary/aromatic N) is 1. The van der Waals surface area contributed by atoms with Crippen LogP contribution in [-0.4, -0.2) is 35.1 Å². The highest BCUT2D eigenvalue weighted by molar-refractivity contribution is 7.92. The van der Waals surface area contributed by atoms with E-state index in [0.29, 0.717) is 17.1 Å². The van der Waals surface area contributed by atoms with Gasteiger partial charge in [0.05, 0.1) is 24.8 Å². The van der Waals surface area contributed by atoms with Crippen molar-refractivity contribution in [3.63, 3.8) is 0 Å². The number of rotatable bonds is 8. The maximum Gasteiger partial charge on any atom is 0.264 e. The highest BCUT2D eigenvalue weighted by atomic mass is 32.2. The van der Waals surface area contributed by atoms with Crippen molar-refractivity contribution < 1.29 is 22.7 Å². The summed E-state index contributed by atoms with van der Waals surface area (Å²) in [5, 5.41) is 2.86. The van der Waals surface area contributed by atoms with E-state index >= 15 is 0 Å². The number of carbonyl (C=O) groups is 1. The molecule has 0 saturated carbocycles. The van der Waals surface area contributed by atoms with Crippen LogP contribution in [0.15, 0.2) is 59.5 Å². The minimum Gasteiger partial charge on any atom is -0.493 e. The standard InChI is InChI=1S/C26H30N2O5S/c1-17-12-18(2)14-21(13-17)28(16-26(29)27-23-9-7-8-19(3)20(23)4)34(30,31)22-10-11-24(32-5)25(15-22)33-6/h7-15H,16H2,1-6H3,(H,27,29). The molecule has 0 heterocycles. The topological polar surface area (TPSA) is 84.9 Å². The molecule has 0 aromatic heterocycles. The normalized spacial score (nSPS) is 11.1. The molecule has 0 radical (unpaired) electrons. The van der Waals surface area contributed by atoms with Crippen molar-refractivity contribution in [2.24, 2.45) is 0 Å². The molecule has 3 rings (SSSR count). The molecule has 34 heavy (non-hydrogen) atoms. The van der Waals surface area contributed by atoms with E-state index in [1.165, 1.54) is 32.4 Å². The molecule has 0 aliphatic heterocycles. The fourth-order valence-corrected chi connectivity index (χ4v) is 5.14. The van der Waals surface area contributed by atoms with Gasteiger partial charge >= 0.3 is 0 Å². The first-order valence-electron chi connectivity index (χ1n) is 10.8. The molecule has 3 aromatic rings. The number of hydrogen-bond acceptors (Lipinski definition) is 5. The number of methoxy groups -OCH3 is 2. The first kappa shape index (κ1) is 25.1. The van der Waals surface area contributed by atoms with Crippen molar-refractivity contribution in [1.82, 2.24) is 0 Å². The van der Waals surface area contributed by atoms with Crippen LogP contribution in [0.25, 0.3) is 0 Å². The third-order valence-corrected chi connectivity index (χ3v) is 7.37. The number of ether oxygens (including phenoxy) is 2. The van der Waals surface area contributed by atoms with Gasteiger partial charge in [0.25, 0.3) is 10.0 Å². The van der Waals surface area contributed by atoms with E-state index in [1.807, 2.05) is 45.9 Å². The number of benzene rings is 3. The number of aryl methyl sites for hydroxylation is 3. The van der Waals surface area contributed by atoms with Crippen LogP contribution < -0.4 is 19.1 Å². The highest BCUT2D eigenvalue weighted by Crippen LogP contribution is 2.33. The molecular formula is C26H30N2O5S. The predicted molar refractivity (Wildman–Crippen MR) is 135 cm³/mol. The molecule has 3 aromatic carbocycles. The first-order valence-corrected chi connectivity index (χ1v) is 12.2. The first-order chi connectivity index (χ1) is 16.1. The van der Waals surface area contributed by atoms with E-state index in [-0.39, 0.29) is 10.6 Å². The van der Waals surface area contributed by atoms with Gasteiger partial charge in [0.1, 0.15) is 6.54 Å². The fraction of sp³-hybridized carbons (Fsp3) is 0.269. The molecule has 0 aliphatic rings. The Balaban J connectivity index is 2.05. The Kier molecular flexibility index (Phi) is 7.51. The van der Waals surface area contributed by atoms with E-state index in [4.69, 9.17) is 9.47 Å². The van der Waals surface area contributed by atoms with Gasteiger partial charge in [0.15, 0.2) is 11.5 Å². The summed E-state index contributed by atoms with van der Waals surface area (Å²) in [4.78, 5) is 13.1.